The molecular weight excluding hydrogens is 351 g/mol. The van der Waals surface area contributed by atoms with Crippen molar-refractivity contribution in [3.05, 3.63) is 107 Å². The van der Waals surface area contributed by atoms with Gasteiger partial charge in [0.1, 0.15) is 5.82 Å². The molecule has 1 N–H and O–H groups in total. The fourth-order valence-electron chi connectivity index (χ4n) is 4.28. The molecule has 5 rings (SSSR count). The summed E-state index contributed by atoms with van der Waals surface area (Å²) in [5.41, 5.74) is 5.90. The Bertz CT molecular complexity index is 1190. The van der Waals surface area contributed by atoms with Gasteiger partial charge in [-0.05, 0) is 42.3 Å². The van der Waals surface area contributed by atoms with Crippen LogP contribution in [0, 0.1) is 12.7 Å². The van der Waals surface area contributed by atoms with Crippen molar-refractivity contribution in [3.63, 3.8) is 0 Å². The maximum absolute atomic E-state index is 13.3. The predicted octanol–water partition coefficient (Wildman–Crippen LogP) is 5.36. The van der Waals surface area contributed by atoms with Gasteiger partial charge in [0.15, 0.2) is 0 Å². The summed E-state index contributed by atoms with van der Waals surface area (Å²) < 4.78 is 13.3. The van der Waals surface area contributed by atoms with Gasteiger partial charge in [-0.1, -0.05) is 48.5 Å². The topological polar surface area (TPSA) is 36.1 Å². The number of aryl methyl sites for hydroxylation is 1. The number of hydrogen-bond donors (Lipinski definition) is 1. The van der Waals surface area contributed by atoms with Crippen LogP contribution in [0.1, 0.15) is 38.8 Å². The molecule has 0 bridgehead atoms. The Labute approximate surface area is 162 Å². The highest BCUT2D eigenvalue weighted by Gasteiger charge is 2.39. The molecule has 3 aromatic carbocycles. The van der Waals surface area contributed by atoms with Gasteiger partial charge in [0.2, 0.25) is 0 Å². The highest BCUT2D eigenvalue weighted by molar-refractivity contribution is 6.01. The number of aromatic nitrogens is 1. The first-order valence-corrected chi connectivity index (χ1v) is 9.35. The van der Waals surface area contributed by atoms with Crippen LogP contribution in [0.4, 0.5) is 4.39 Å². The van der Waals surface area contributed by atoms with E-state index in [1.165, 1.54) is 12.1 Å². The van der Waals surface area contributed by atoms with Crippen LogP contribution in [-0.2, 0) is 6.54 Å². The van der Waals surface area contributed by atoms with Crippen molar-refractivity contribution in [3.8, 4) is 0 Å². The van der Waals surface area contributed by atoms with E-state index >= 15 is 0 Å². The Hall–Kier alpha value is -3.40. The van der Waals surface area contributed by atoms with E-state index in [1.54, 1.807) is 12.1 Å². The Morgan fingerprint density at radius 3 is 2.50 bits per heavy atom. The van der Waals surface area contributed by atoms with E-state index in [0.717, 1.165) is 38.9 Å². The van der Waals surface area contributed by atoms with Crippen LogP contribution in [-0.4, -0.2) is 15.8 Å². The van der Waals surface area contributed by atoms with E-state index in [9.17, 15) is 9.18 Å². The standard InChI is InChI=1S/C24H19FN2O/c1-15-22(20-8-4-5-9-21(20)26-15)23-18-6-2-3-7-19(18)24(28)27(23)14-16-10-12-17(25)13-11-16/h2-13,23,26H,14H2,1H3/t23-/m1/s1. The van der Waals surface area contributed by atoms with E-state index in [-0.39, 0.29) is 17.8 Å². The fraction of sp³-hybridized carbons (Fsp3) is 0.125. The molecule has 138 valence electrons. The molecule has 1 aliphatic rings. The minimum atomic E-state index is -0.274. The summed E-state index contributed by atoms with van der Waals surface area (Å²) >= 11 is 0. The molecule has 0 unspecified atom stereocenters. The molecular formula is C24H19FN2O. The number of hydrogen-bond acceptors (Lipinski definition) is 1. The molecule has 4 heteroatoms. The molecule has 0 saturated carbocycles. The summed E-state index contributed by atoms with van der Waals surface area (Å²) in [6.45, 7) is 2.48. The monoisotopic (exact) mass is 370 g/mol. The highest BCUT2D eigenvalue weighted by atomic mass is 19.1. The average Bonchev–Trinajstić information content (AvgIpc) is 3.17. The number of H-pyrrole nitrogens is 1. The third kappa shape index (κ3) is 2.53. The van der Waals surface area contributed by atoms with E-state index in [4.69, 9.17) is 0 Å². The minimum absolute atomic E-state index is 0.00889. The molecule has 1 aliphatic heterocycles. The summed E-state index contributed by atoms with van der Waals surface area (Å²) in [5, 5.41) is 1.12. The molecule has 0 spiro atoms. The van der Waals surface area contributed by atoms with E-state index in [1.807, 2.05) is 41.3 Å². The quantitative estimate of drug-likeness (QED) is 0.518. The molecule has 1 aromatic heterocycles. The van der Waals surface area contributed by atoms with Crippen molar-refractivity contribution in [2.75, 3.05) is 0 Å². The summed E-state index contributed by atoms with van der Waals surface area (Å²) in [6.07, 6.45) is 0. The minimum Gasteiger partial charge on any atom is -0.358 e. The number of benzene rings is 3. The van der Waals surface area contributed by atoms with Crippen LogP contribution in [0.25, 0.3) is 10.9 Å². The molecule has 0 radical (unpaired) electrons. The lowest BCUT2D eigenvalue weighted by molar-refractivity contribution is 0.0736. The highest BCUT2D eigenvalue weighted by Crippen LogP contribution is 2.43. The smallest absolute Gasteiger partial charge is 0.255 e. The molecule has 0 saturated heterocycles. The number of nitrogens with zero attached hydrogens (tertiary/aromatic N) is 1. The van der Waals surface area contributed by atoms with Crippen molar-refractivity contribution in [2.24, 2.45) is 0 Å². The van der Waals surface area contributed by atoms with Crippen LogP contribution < -0.4 is 0 Å². The van der Waals surface area contributed by atoms with Crippen LogP contribution in [0.5, 0.6) is 0 Å². The third-order valence-electron chi connectivity index (χ3n) is 5.54. The summed E-state index contributed by atoms with van der Waals surface area (Å²) in [5.74, 6) is -0.265. The van der Waals surface area contributed by atoms with Crippen LogP contribution in [0.2, 0.25) is 0 Å². The molecule has 3 nitrogen and oxygen atoms in total. The zero-order valence-corrected chi connectivity index (χ0v) is 15.4. The number of rotatable bonds is 3. The predicted molar refractivity (Wildman–Crippen MR) is 108 cm³/mol. The maximum atomic E-state index is 13.3. The van der Waals surface area contributed by atoms with E-state index in [2.05, 4.69) is 24.0 Å². The van der Waals surface area contributed by atoms with Gasteiger partial charge in [0.25, 0.3) is 5.91 Å². The number of para-hydroxylation sites is 1. The molecule has 28 heavy (non-hydrogen) atoms. The van der Waals surface area contributed by atoms with Crippen molar-refractivity contribution < 1.29 is 9.18 Å². The number of aromatic amines is 1. The Morgan fingerprint density at radius 1 is 0.964 bits per heavy atom. The zero-order valence-electron chi connectivity index (χ0n) is 15.4. The van der Waals surface area contributed by atoms with Gasteiger partial charge in [-0.2, -0.15) is 0 Å². The number of fused-ring (bicyclic) bond motifs is 2. The van der Waals surface area contributed by atoms with Crippen molar-refractivity contribution in [1.82, 2.24) is 9.88 Å². The maximum Gasteiger partial charge on any atom is 0.255 e. The molecule has 1 atom stereocenters. The van der Waals surface area contributed by atoms with Gasteiger partial charge in [-0.25, -0.2) is 4.39 Å². The molecule has 0 aliphatic carbocycles. The lowest BCUT2D eigenvalue weighted by Crippen LogP contribution is -2.28. The number of nitrogens with one attached hydrogen (secondary N) is 1. The number of amides is 1. The lowest BCUT2D eigenvalue weighted by Gasteiger charge is -2.26. The summed E-state index contributed by atoms with van der Waals surface area (Å²) in [4.78, 5) is 18.6. The zero-order chi connectivity index (χ0) is 19.3. The number of halogens is 1. The summed E-state index contributed by atoms with van der Waals surface area (Å²) in [6, 6.07) is 22.2. The SMILES string of the molecule is Cc1[nH]c2ccccc2c1[C@H]1c2ccccc2C(=O)N1Cc1ccc(F)cc1. The molecule has 0 fully saturated rings. The van der Waals surface area contributed by atoms with Crippen molar-refractivity contribution >= 4 is 16.8 Å². The first-order chi connectivity index (χ1) is 13.6. The Balaban J connectivity index is 1.68. The van der Waals surface area contributed by atoms with Gasteiger partial charge < -0.3 is 9.88 Å². The van der Waals surface area contributed by atoms with Gasteiger partial charge in [0.05, 0.1) is 6.04 Å². The second-order valence-electron chi connectivity index (χ2n) is 7.26. The van der Waals surface area contributed by atoms with E-state index in [0.29, 0.717) is 6.54 Å². The Kier molecular flexibility index (Phi) is 3.79. The molecule has 1 amide bonds. The molecule has 2 heterocycles. The lowest BCUT2D eigenvalue weighted by atomic mass is 9.95. The van der Waals surface area contributed by atoms with Crippen LogP contribution in [0.15, 0.2) is 72.8 Å². The fourth-order valence-corrected chi connectivity index (χ4v) is 4.28. The number of carbonyl (C=O) groups excluding carboxylic acids is 1. The van der Waals surface area contributed by atoms with Crippen LogP contribution >= 0.6 is 0 Å². The number of carbonyl (C=O) groups is 1. The van der Waals surface area contributed by atoms with Gasteiger partial charge in [-0.3, -0.25) is 4.79 Å². The second kappa shape index (κ2) is 6.34. The van der Waals surface area contributed by atoms with Gasteiger partial charge >= 0.3 is 0 Å². The van der Waals surface area contributed by atoms with E-state index < -0.39 is 0 Å². The van der Waals surface area contributed by atoms with Crippen LogP contribution in [0.3, 0.4) is 0 Å². The first-order valence-electron chi connectivity index (χ1n) is 9.35. The van der Waals surface area contributed by atoms with Gasteiger partial charge in [0, 0.05) is 34.3 Å². The van der Waals surface area contributed by atoms with Gasteiger partial charge in [-0.15, -0.1) is 0 Å². The summed E-state index contributed by atoms with van der Waals surface area (Å²) in [7, 11) is 0. The Morgan fingerprint density at radius 2 is 1.68 bits per heavy atom. The van der Waals surface area contributed by atoms with Crippen molar-refractivity contribution in [2.45, 2.75) is 19.5 Å². The third-order valence-corrected chi connectivity index (χ3v) is 5.54. The molecule has 4 aromatic rings. The first kappa shape index (κ1) is 16.8. The van der Waals surface area contributed by atoms with Crippen molar-refractivity contribution in [1.29, 1.82) is 0 Å². The average molecular weight is 370 g/mol. The normalized spacial score (nSPS) is 16.0. The second-order valence-corrected chi connectivity index (χ2v) is 7.26. The largest absolute Gasteiger partial charge is 0.358 e.